The summed E-state index contributed by atoms with van der Waals surface area (Å²) in [5.74, 6) is -2.80. The van der Waals surface area contributed by atoms with Crippen molar-refractivity contribution in [3.63, 3.8) is 0 Å². The summed E-state index contributed by atoms with van der Waals surface area (Å²) in [6, 6.07) is 5.16. The highest BCUT2D eigenvalue weighted by Gasteiger charge is 2.31. The highest BCUT2D eigenvalue weighted by Crippen LogP contribution is 2.25. The van der Waals surface area contributed by atoms with Crippen molar-refractivity contribution in [2.45, 2.75) is 33.2 Å². The summed E-state index contributed by atoms with van der Waals surface area (Å²) in [6.45, 7) is 5.20. The number of amides is 1. The van der Waals surface area contributed by atoms with Gasteiger partial charge in [-0.05, 0) is 51.0 Å². The van der Waals surface area contributed by atoms with Gasteiger partial charge in [0, 0.05) is 25.2 Å². The van der Waals surface area contributed by atoms with Crippen LogP contribution in [0.15, 0.2) is 24.3 Å². The smallest absolute Gasteiger partial charge is 0.310 e. The first-order chi connectivity index (χ1) is 13.4. The minimum atomic E-state index is -0.956. The Morgan fingerprint density at radius 1 is 1.21 bits per heavy atom. The molecule has 1 unspecified atom stereocenters. The number of hydrogen-bond donors (Lipinski definition) is 0. The second-order valence-electron chi connectivity index (χ2n) is 6.70. The number of carbonyl (C=O) groups is 2. The molecule has 28 heavy (non-hydrogen) atoms. The molecule has 6 nitrogen and oxygen atoms in total. The number of esters is 1. The Bertz CT molecular complexity index is 882. The molecule has 1 aromatic carbocycles. The van der Waals surface area contributed by atoms with Crippen molar-refractivity contribution >= 4 is 11.9 Å². The van der Waals surface area contributed by atoms with Gasteiger partial charge >= 0.3 is 5.97 Å². The molecule has 1 aliphatic rings. The third kappa shape index (κ3) is 4.05. The third-order valence-electron chi connectivity index (χ3n) is 4.84. The number of carbonyl (C=O) groups excluding carboxylic acids is 2. The van der Waals surface area contributed by atoms with Gasteiger partial charge in [-0.25, -0.2) is 8.78 Å². The van der Waals surface area contributed by atoms with Crippen LogP contribution in [0.25, 0.3) is 11.3 Å². The van der Waals surface area contributed by atoms with E-state index < -0.39 is 11.6 Å². The maximum atomic E-state index is 13.6. The van der Waals surface area contributed by atoms with Gasteiger partial charge in [0.25, 0.3) is 5.91 Å². The minimum Gasteiger partial charge on any atom is -0.466 e. The number of halogens is 2. The maximum Gasteiger partial charge on any atom is 0.310 e. The second-order valence-corrected chi connectivity index (χ2v) is 6.70. The molecule has 0 radical (unpaired) electrons. The summed E-state index contributed by atoms with van der Waals surface area (Å²) < 4.78 is 33.5. The number of ether oxygens (including phenoxy) is 1. The average molecular weight is 391 g/mol. The predicted octanol–water partition coefficient (Wildman–Crippen LogP) is 3.26. The van der Waals surface area contributed by atoms with E-state index in [9.17, 15) is 18.4 Å². The van der Waals surface area contributed by atoms with Crippen LogP contribution in [-0.4, -0.2) is 46.3 Å². The standard InChI is InChI=1S/C20H23F2N3O3/c1-3-25-18(13-7-8-15(21)16(22)10-13)11-17(23-25)19(26)24-9-5-6-14(12-24)20(27)28-4-2/h7-8,10-11,14H,3-6,9,12H2,1-2H3. The van der Waals surface area contributed by atoms with Crippen LogP contribution >= 0.6 is 0 Å². The zero-order valence-corrected chi connectivity index (χ0v) is 16.0. The van der Waals surface area contributed by atoms with E-state index >= 15 is 0 Å². The molecule has 2 aromatic rings. The van der Waals surface area contributed by atoms with E-state index in [0.717, 1.165) is 12.1 Å². The number of hydrogen-bond acceptors (Lipinski definition) is 4. The zero-order valence-electron chi connectivity index (χ0n) is 16.0. The van der Waals surface area contributed by atoms with Gasteiger partial charge in [0.1, 0.15) is 0 Å². The lowest BCUT2D eigenvalue weighted by atomic mass is 9.98. The zero-order chi connectivity index (χ0) is 20.3. The molecular weight excluding hydrogens is 368 g/mol. The number of piperidine rings is 1. The molecule has 1 aliphatic heterocycles. The highest BCUT2D eigenvalue weighted by atomic mass is 19.2. The Morgan fingerprint density at radius 2 is 2.00 bits per heavy atom. The summed E-state index contributed by atoms with van der Waals surface area (Å²) in [6.07, 6.45) is 1.39. The molecule has 0 bridgehead atoms. The van der Waals surface area contributed by atoms with Crippen molar-refractivity contribution < 1.29 is 23.1 Å². The number of aryl methyl sites for hydroxylation is 1. The summed E-state index contributed by atoms with van der Waals surface area (Å²) in [7, 11) is 0. The summed E-state index contributed by atoms with van der Waals surface area (Å²) >= 11 is 0. The van der Waals surface area contributed by atoms with Crippen LogP contribution in [0.3, 0.4) is 0 Å². The molecule has 0 saturated carbocycles. The van der Waals surface area contributed by atoms with E-state index in [4.69, 9.17) is 4.74 Å². The fraction of sp³-hybridized carbons (Fsp3) is 0.450. The van der Waals surface area contributed by atoms with Crippen LogP contribution in [0.4, 0.5) is 8.78 Å². The lowest BCUT2D eigenvalue weighted by Gasteiger charge is -2.31. The van der Waals surface area contributed by atoms with E-state index in [-0.39, 0.29) is 30.0 Å². The molecule has 1 aromatic heterocycles. The van der Waals surface area contributed by atoms with E-state index in [1.807, 2.05) is 6.92 Å². The lowest BCUT2D eigenvalue weighted by Crippen LogP contribution is -2.43. The van der Waals surface area contributed by atoms with Gasteiger partial charge in [-0.1, -0.05) is 0 Å². The molecule has 1 amide bonds. The molecule has 1 fully saturated rings. The second kappa shape index (κ2) is 8.50. The molecule has 0 spiro atoms. The Kier molecular flexibility index (Phi) is 6.06. The predicted molar refractivity (Wildman–Crippen MR) is 98.5 cm³/mol. The Hall–Kier alpha value is -2.77. The number of likely N-dealkylation sites (tertiary alicyclic amines) is 1. The Labute approximate surface area is 162 Å². The SMILES string of the molecule is CCOC(=O)C1CCCN(C(=O)c2cc(-c3ccc(F)c(F)c3)n(CC)n2)C1. The molecule has 1 saturated heterocycles. The first-order valence-electron chi connectivity index (χ1n) is 9.43. The number of benzene rings is 1. The Morgan fingerprint density at radius 3 is 2.68 bits per heavy atom. The molecule has 150 valence electrons. The first kappa shape index (κ1) is 20.0. The summed E-state index contributed by atoms with van der Waals surface area (Å²) in [5, 5.41) is 4.33. The van der Waals surface area contributed by atoms with Gasteiger partial charge in [0.15, 0.2) is 17.3 Å². The number of aromatic nitrogens is 2. The normalized spacial score (nSPS) is 16.9. The van der Waals surface area contributed by atoms with Crippen LogP contribution in [0.2, 0.25) is 0 Å². The summed E-state index contributed by atoms with van der Waals surface area (Å²) in [4.78, 5) is 26.5. The fourth-order valence-electron chi connectivity index (χ4n) is 3.43. The van der Waals surface area contributed by atoms with E-state index in [2.05, 4.69) is 5.10 Å². The number of rotatable bonds is 5. The Balaban J connectivity index is 1.83. The van der Waals surface area contributed by atoms with Crippen molar-refractivity contribution in [2.75, 3.05) is 19.7 Å². The largest absolute Gasteiger partial charge is 0.466 e. The van der Waals surface area contributed by atoms with Crippen molar-refractivity contribution in [3.05, 3.63) is 41.6 Å². The quantitative estimate of drug-likeness (QED) is 0.734. The molecule has 0 N–H and O–H groups in total. The topological polar surface area (TPSA) is 64.4 Å². The molecule has 8 heteroatoms. The van der Waals surface area contributed by atoms with Crippen molar-refractivity contribution in [2.24, 2.45) is 5.92 Å². The average Bonchev–Trinajstić information content (AvgIpc) is 3.14. The summed E-state index contributed by atoms with van der Waals surface area (Å²) in [5.41, 5.74) is 1.19. The molecule has 3 rings (SSSR count). The van der Waals surface area contributed by atoms with Gasteiger partial charge in [0.2, 0.25) is 0 Å². The van der Waals surface area contributed by atoms with Crippen LogP contribution in [-0.2, 0) is 16.1 Å². The highest BCUT2D eigenvalue weighted by molar-refractivity contribution is 5.94. The van der Waals surface area contributed by atoms with Crippen LogP contribution < -0.4 is 0 Å². The minimum absolute atomic E-state index is 0.214. The van der Waals surface area contributed by atoms with Crippen LogP contribution in [0, 0.1) is 17.6 Å². The lowest BCUT2D eigenvalue weighted by molar-refractivity contribution is -0.149. The molecule has 1 atom stereocenters. The van der Waals surface area contributed by atoms with E-state index in [0.29, 0.717) is 43.8 Å². The maximum absolute atomic E-state index is 13.6. The van der Waals surface area contributed by atoms with Crippen molar-refractivity contribution in [1.82, 2.24) is 14.7 Å². The molecular formula is C20H23F2N3O3. The van der Waals surface area contributed by atoms with Gasteiger partial charge in [0.05, 0.1) is 18.2 Å². The van der Waals surface area contributed by atoms with Crippen LogP contribution in [0.5, 0.6) is 0 Å². The van der Waals surface area contributed by atoms with Crippen molar-refractivity contribution in [1.29, 1.82) is 0 Å². The fourth-order valence-corrected chi connectivity index (χ4v) is 3.43. The van der Waals surface area contributed by atoms with Gasteiger partial charge in [-0.3, -0.25) is 14.3 Å². The van der Waals surface area contributed by atoms with E-state index in [1.165, 1.54) is 6.07 Å². The first-order valence-corrected chi connectivity index (χ1v) is 9.43. The van der Waals surface area contributed by atoms with Gasteiger partial charge in [-0.15, -0.1) is 0 Å². The number of nitrogens with zero attached hydrogens (tertiary/aromatic N) is 3. The van der Waals surface area contributed by atoms with Gasteiger partial charge in [-0.2, -0.15) is 5.10 Å². The van der Waals surface area contributed by atoms with E-state index in [1.54, 1.807) is 22.6 Å². The molecule has 2 heterocycles. The van der Waals surface area contributed by atoms with Gasteiger partial charge < -0.3 is 9.64 Å². The molecule has 0 aliphatic carbocycles. The van der Waals surface area contributed by atoms with Crippen molar-refractivity contribution in [3.8, 4) is 11.3 Å². The van der Waals surface area contributed by atoms with Crippen LogP contribution in [0.1, 0.15) is 37.2 Å². The third-order valence-corrected chi connectivity index (χ3v) is 4.84. The monoisotopic (exact) mass is 391 g/mol.